The zero-order valence-corrected chi connectivity index (χ0v) is 26.6. The highest BCUT2D eigenvalue weighted by atomic mass is 32.2. The highest BCUT2D eigenvalue weighted by Crippen LogP contribution is 2.32. The van der Waals surface area contributed by atoms with E-state index < -0.39 is 28.9 Å². The van der Waals surface area contributed by atoms with Crippen LogP contribution >= 0.6 is 0 Å². The number of esters is 1. The first-order valence-electron chi connectivity index (χ1n) is 15.0. The summed E-state index contributed by atoms with van der Waals surface area (Å²) in [7, 11) is -4.17. The molecular weight excluding hydrogens is 620 g/mol. The molecule has 0 spiro atoms. The lowest BCUT2D eigenvalue weighted by molar-refractivity contribution is -0.146. The Labute approximate surface area is 265 Å². The number of fused-ring (bicyclic) bond motifs is 1. The van der Waals surface area contributed by atoms with Crippen LogP contribution in [0.3, 0.4) is 0 Å². The number of rotatable bonds is 10. The first-order valence-corrected chi connectivity index (χ1v) is 16.4. The third-order valence-corrected chi connectivity index (χ3v) is 9.49. The fourth-order valence-electron chi connectivity index (χ4n) is 5.78. The minimum absolute atomic E-state index is 0.0368. The molecule has 4 heterocycles. The van der Waals surface area contributed by atoms with Crippen molar-refractivity contribution >= 4 is 56.5 Å². The molecule has 246 valence electrons. The Morgan fingerprint density at radius 1 is 1.02 bits per heavy atom. The molecule has 3 aromatic rings. The van der Waals surface area contributed by atoms with E-state index >= 15 is 0 Å². The van der Waals surface area contributed by atoms with Crippen molar-refractivity contribution in [2.45, 2.75) is 52.5 Å². The number of carbonyl (C=O) groups excluding carboxylic acids is 3. The highest BCUT2D eigenvalue weighted by Gasteiger charge is 2.30. The van der Waals surface area contributed by atoms with Gasteiger partial charge < -0.3 is 19.7 Å². The quantitative estimate of drug-likeness (QED) is 0.238. The van der Waals surface area contributed by atoms with Crippen molar-refractivity contribution in [2.75, 3.05) is 49.6 Å². The summed E-state index contributed by atoms with van der Waals surface area (Å²) in [5.74, 6) is -0.356. The molecule has 1 saturated heterocycles. The number of nitrogens with zero attached hydrogens (tertiary/aromatic N) is 6. The van der Waals surface area contributed by atoms with Crippen LogP contribution < -0.4 is 20.5 Å². The number of amides is 1. The van der Waals surface area contributed by atoms with Gasteiger partial charge in [-0.2, -0.15) is 17.7 Å². The fourth-order valence-corrected chi connectivity index (χ4v) is 6.83. The highest BCUT2D eigenvalue weighted by molar-refractivity contribution is 7.87. The molecule has 0 atom stereocenters. The molecule has 2 fully saturated rings. The maximum Gasteiger partial charge on any atom is 0.422 e. The summed E-state index contributed by atoms with van der Waals surface area (Å²) in [5.41, 5.74) is 1.64. The van der Waals surface area contributed by atoms with Gasteiger partial charge in [0.15, 0.2) is 12.4 Å². The maximum absolute atomic E-state index is 13.4. The Kier molecular flexibility index (Phi) is 9.81. The molecule has 1 amide bonds. The Morgan fingerprint density at radius 3 is 2.37 bits per heavy atom. The van der Waals surface area contributed by atoms with Gasteiger partial charge in [0.1, 0.15) is 11.5 Å². The Bertz CT molecular complexity index is 1800. The summed E-state index contributed by atoms with van der Waals surface area (Å²) in [6, 6.07) is 3.52. The van der Waals surface area contributed by atoms with Crippen molar-refractivity contribution in [3.05, 3.63) is 46.0 Å². The molecule has 0 bridgehead atoms. The van der Waals surface area contributed by atoms with Crippen molar-refractivity contribution in [1.82, 2.24) is 28.5 Å². The first-order chi connectivity index (χ1) is 22.0. The number of nitrogens with one attached hydrogen (secondary N) is 2. The van der Waals surface area contributed by atoms with Gasteiger partial charge in [-0.1, -0.05) is 12.8 Å². The van der Waals surface area contributed by atoms with Gasteiger partial charge in [-0.05, 0) is 51.3 Å². The molecule has 0 aromatic carbocycles. The van der Waals surface area contributed by atoms with Gasteiger partial charge >= 0.3 is 22.3 Å². The van der Waals surface area contributed by atoms with Gasteiger partial charge in [0.05, 0.1) is 24.1 Å². The molecule has 1 aliphatic heterocycles. The lowest BCUT2D eigenvalue weighted by atomic mass is 10.0. The zero-order valence-electron chi connectivity index (χ0n) is 25.8. The lowest BCUT2D eigenvalue weighted by Crippen LogP contribution is -2.53. The number of piperazine rings is 1. The molecule has 17 heteroatoms. The van der Waals surface area contributed by atoms with E-state index in [0.29, 0.717) is 35.5 Å². The minimum Gasteiger partial charge on any atom is -0.463 e. The summed E-state index contributed by atoms with van der Waals surface area (Å²) < 4.78 is 39.0. The van der Waals surface area contributed by atoms with E-state index in [1.54, 1.807) is 41.6 Å². The fraction of sp³-hybridized carbons (Fsp3) is 0.483. The number of Topliss-reactive ketones (excluding diaryl/α,β-unsaturated/α-hetero) is 1. The third kappa shape index (κ3) is 7.09. The molecule has 3 aromatic heterocycles. The van der Waals surface area contributed by atoms with E-state index in [1.807, 2.05) is 11.0 Å². The van der Waals surface area contributed by atoms with Crippen molar-refractivity contribution in [3.8, 4) is 0 Å². The molecule has 2 N–H and O–H groups in total. The number of carbonyl (C=O) groups is 3. The first kappa shape index (κ1) is 32.7. The van der Waals surface area contributed by atoms with Crippen molar-refractivity contribution in [1.29, 1.82) is 0 Å². The monoisotopic (exact) mass is 656 g/mol. The molecule has 0 unspecified atom stereocenters. The predicted octanol–water partition coefficient (Wildman–Crippen LogP) is 2.21. The topological polar surface area (TPSA) is 195 Å². The molecule has 5 rings (SSSR count). The van der Waals surface area contributed by atoms with Gasteiger partial charge in [0.2, 0.25) is 5.95 Å². The normalized spacial score (nSPS) is 15.9. The van der Waals surface area contributed by atoms with Crippen LogP contribution in [0, 0.1) is 6.92 Å². The van der Waals surface area contributed by atoms with E-state index in [0.717, 1.165) is 35.7 Å². The average Bonchev–Trinajstić information content (AvgIpc) is 3.55. The van der Waals surface area contributed by atoms with Crippen LogP contribution in [0.2, 0.25) is 0 Å². The number of anilines is 3. The summed E-state index contributed by atoms with van der Waals surface area (Å²) in [5, 5.41) is 3.74. The third-order valence-electron chi connectivity index (χ3n) is 8.02. The number of ether oxygens (including phenoxy) is 2. The molecular formula is C29H36N8O8S. The van der Waals surface area contributed by atoms with Gasteiger partial charge in [-0.15, -0.1) is 0 Å². The molecule has 16 nitrogen and oxygen atoms in total. The smallest absolute Gasteiger partial charge is 0.422 e. The van der Waals surface area contributed by atoms with Gasteiger partial charge in [-0.25, -0.2) is 24.3 Å². The maximum atomic E-state index is 13.4. The molecule has 1 aliphatic carbocycles. The second kappa shape index (κ2) is 13.8. The molecule has 2 aliphatic rings. The van der Waals surface area contributed by atoms with Crippen LogP contribution in [0.25, 0.3) is 11.0 Å². The number of aromatic nitrogens is 4. The van der Waals surface area contributed by atoms with Crippen LogP contribution in [-0.2, 0) is 24.5 Å². The van der Waals surface area contributed by atoms with Gasteiger partial charge in [0.25, 0.3) is 5.56 Å². The molecule has 1 saturated carbocycles. The summed E-state index contributed by atoms with van der Waals surface area (Å²) >= 11 is 0. The average molecular weight is 657 g/mol. The molecule has 46 heavy (non-hydrogen) atoms. The van der Waals surface area contributed by atoms with Crippen LogP contribution in [0.4, 0.5) is 22.2 Å². The predicted molar refractivity (Wildman–Crippen MR) is 167 cm³/mol. The van der Waals surface area contributed by atoms with Crippen molar-refractivity contribution < 1.29 is 32.3 Å². The van der Waals surface area contributed by atoms with Crippen molar-refractivity contribution in [3.63, 3.8) is 0 Å². The van der Waals surface area contributed by atoms with Gasteiger partial charge in [-0.3, -0.25) is 14.2 Å². The van der Waals surface area contributed by atoms with E-state index in [2.05, 4.69) is 29.7 Å². The number of pyridine rings is 2. The van der Waals surface area contributed by atoms with Crippen LogP contribution in [-0.4, -0.2) is 89.5 Å². The van der Waals surface area contributed by atoms with Gasteiger partial charge in [0, 0.05) is 43.8 Å². The van der Waals surface area contributed by atoms with E-state index in [4.69, 9.17) is 0 Å². The SMILES string of the molecule is CCOC(=O)COC(=O)NS(=O)(=O)N1CCN(c2ccc(Nc3ncc4c(C)c(C(C)=O)c(=O)n(C5CCCC5)c4n3)nc2)CC1. The standard InChI is InChI=1S/C29H36N8O8S/c1-4-44-24(39)17-45-29(41)34-46(42,43)36-13-11-35(12-14-36)21-9-10-23(30-15-21)32-28-31-16-22-18(2)25(19(3)38)27(40)37(26(22)33-28)20-7-5-6-8-20/h9-10,15-16,20H,4-8,11-14,17H2,1-3H3,(H,34,41)(H,30,31,32,33). The summed E-state index contributed by atoms with van der Waals surface area (Å²) in [6.45, 7) is 5.00. The van der Waals surface area contributed by atoms with E-state index in [-0.39, 0.29) is 48.6 Å². The Balaban J connectivity index is 1.24. The van der Waals surface area contributed by atoms with E-state index in [1.165, 1.54) is 6.92 Å². The Hall–Kier alpha value is -4.64. The van der Waals surface area contributed by atoms with Crippen LogP contribution in [0.5, 0.6) is 0 Å². The number of aryl methyl sites for hydroxylation is 1. The Morgan fingerprint density at radius 2 is 1.74 bits per heavy atom. The number of ketones is 1. The lowest BCUT2D eigenvalue weighted by Gasteiger charge is -2.34. The van der Waals surface area contributed by atoms with E-state index in [9.17, 15) is 27.6 Å². The number of hydrogen-bond donors (Lipinski definition) is 2. The second-order valence-electron chi connectivity index (χ2n) is 11.0. The number of hydrogen-bond acceptors (Lipinski definition) is 13. The second-order valence-corrected chi connectivity index (χ2v) is 12.7. The van der Waals surface area contributed by atoms with Crippen LogP contribution in [0.1, 0.15) is 61.5 Å². The minimum atomic E-state index is -4.17. The summed E-state index contributed by atoms with van der Waals surface area (Å²) in [4.78, 5) is 64.5. The summed E-state index contributed by atoms with van der Waals surface area (Å²) in [6.07, 6.45) is 5.67. The van der Waals surface area contributed by atoms with Crippen LogP contribution in [0.15, 0.2) is 29.3 Å². The van der Waals surface area contributed by atoms with Crippen molar-refractivity contribution in [2.24, 2.45) is 0 Å². The molecule has 0 radical (unpaired) electrons. The largest absolute Gasteiger partial charge is 0.463 e. The zero-order chi connectivity index (χ0) is 33.0.